The van der Waals surface area contributed by atoms with Crippen LogP contribution in [0.5, 0.6) is 0 Å². The van der Waals surface area contributed by atoms with E-state index in [1.807, 2.05) is 0 Å². The summed E-state index contributed by atoms with van der Waals surface area (Å²) in [6.07, 6.45) is -1.40. The smallest absolute Gasteiger partial charge is 0.334 e. The molecule has 0 aliphatic carbocycles. The summed E-state index contributed by atoms with van der Waals surface area (Å²) < 4.78 is 10.0. The molecule has 1 rings (SSSR count). The van der Waals surface area contributed by atoms with Crippen LogP contribution >= 0.6 is 0 Å². The number of aliphatic carboxylic acids is 1. The lowest BCUT2D eigenvalue weighted by Gasteiger charge is -2.17. The van der Waals surface area contributed by atoms with Gasteiger partial charge in [-0.05, 0) is 0 Å². The normalized spacial score (nSPS) is 11.5. The highest BCUT2D eigenvalue weighted by Gasteiger charge is 2.25. The summed E-state index contributed by atoms with van der Waals surface area (Å²) in [5, 5.41) is 8.64. The van der Waals surface area contributed by atoms with Crippen molar-refractivity contribution in [2.75, 3.05) is 13.7 Å². The molecule has 0 radical (unpaired) electrons. The number of hydrogen-bond acceptors (Lipinski definition) is 5. The molecule has 1 N–H and O–H groups in total. The first-order chi connectivity index (χ1) is 10.5. The molecule has 0 aliphatic rings. The van der Waals surface area contributed by atoms with Gasteiger partial charge in [0, 0.05) is 24.7 Å². The minimum Gasteiger partial charge on any atom is -0.481 e. The van der Waals surface area contributed by atoms with Crippen molar-refractivity contribution >= 4 is 17.7 Å². The van der Waals surface area contributed by atoms with Crippen LogP contribution in [0.2, 0.25) is 0 Å². The monoisotopic (exact) mass is 306 g/mol. The largest absolute Gasteiger partial charge is 0.481 e. The van der Waals surface area contributed by atoms with Gasteiger partial charge in [-0.2, -0.15) is 0 Å². The molecular formula is C16H18O6. The molecule has 0 saturated heterocycles. The average molecular weight is 306 g/mol. The molecule has 1 aromatic rings. The minimum atomic E-state index is -1.19. The zero-order valence-corrected chi connectivity index (χ0v) is 12.3. The molecule has 0 aromatic heterocycles. The van der Waals surface area contributed by atoms with Crippen molar-refractivity contribution in [3.8, 4) is 0 Å². The van der Waals surface area contributed by atoms with Gasteiger partial charge in [0.15, 0.2) is 6.10 Å². The number of carboxylic acids is 1. The summed E-state index contributed by atoms with van der Waals surface area (Å²) in [6, 6.07) is 8.39. The summed E-state index contributed by atoms with van der Waals surface area (Å²) in [5.74, 6) is -2.45. The van der Waals surface area contributed by atoms with Crippen molar-refractivity contribution in [2.45, 2.75) is 18.9 Å². The highest BCUT2D eigenvalue weighted by Crippen LogP contribution is 2.13. The van der Waals surface area contributed by atoms with E-state index in [1.165, 1.54) is 7.11 Å². The van der Waals surface area contributed by atoms with Gasteiger partial charge in [0.25, 0.3) is 0 Å². The van der Waals surface area contributed by atoms with Crippen molar-refractivity contribution in [1.29, 1.82) is 0 Å². The van der Waals surface area contributed by atoms with Gasteiger partial charge in [-0.25, -0.2) is 4.79 Å². The number of carbonyl (C=O) groups excluding carboxylic acids is 2. The number of carboxylic acid groups (broad SMARTS) is 1. The Labute approximate surface area is 128 Å². The lowest BCUT2D eigenvalue weighted by Crippen LogP contribution is -2.29. The molecule has 6 heteroatoms. The van der Waals surface area contributed by atoms with E-state index in [0.29, 0.717) is 5.56 Å². The van der Waals surface area contributed by atoms with Crippen molar-refractivity contribution < 1.29 is 29.0 Å². The van der Waals surface area contributed by atoms with E-state index in [4.69, 9.17) is 14.6 Å². The van der Waals surface area contributed by atoms with E-state index in [2.05, 4.69) is 6.58 Å². The SMILES string of the molecule is C=C(CC(=O)O)C(=O)OC(CCOC)C(=O)c1ccccc1. The van der Waals surface area contributed by atoms with Crippen LogP contribution in [0.4, 0.5) is 0 Å². The molecule has 1 unspecified atom stereocenters. The third-order valence-electron chi connectivity index (χ3n) is 2.84. The van der Waals surface area contributed by atoms with E-state index >= 15 is 0 Å². The summed E-state index contributed by atoms with van der Waals surface area (Å²) in [4.78, 5) is 34.7. The van der Waals surface area contributed by atoms with Crippen LogP contribution in [-0.4, -0.2) is 42.6 Å². The van der Waals surface area contributed by atoms with Crippen molar-refractivity contribution in [2.24, 2.45) is 0 Å². The summed E-state index contributed by atoms with van der Waals surface area (Å²) in [5.41, 5.74) is 0.191. The number of carbonyl (C=O) groups is 3. The highest BCUT2D eigenvalue weighted by molar-refractivity contribution is 6.02. The third kappa shape index (κ3) is 5.49. The Morgan fingerprint density at radius 2 is 1.86 bits per heavy atom. The van der Waals surface area contributed by atoms with Crippen LogP contribution in [-0.2, 0) is 19.1 Å². The number of benzene rings is 1. The topological polar surface area (TPSA) is 89.9 Å². The second kappa shape index (κ2) is 8.74. The summed E-state index contributed by atoms with van der Waals surface area (Å²) in [6.45, 7) is 3.59. The fraction of sp³-hybridized carbons (Fsp3) is 0.312. The molecule has 0 fully saturated rings. The van der Waals surface area contributed by atoms with Crippen LogP contribution in [0.15, 0.2) is 42.5 Å². The third-order valence-corrected chi connectivity index (χ3v) is 2.84. The second-order valence-electron chi connectivity index (χ2n) is 4.58. The molecule has 1 aromatic carbocycles. The van der Waals surface area contributed by atoms with E-state index in [0.717, 1.165) is 0 Å². The highest BCUT2D eigenvalue weighted by atomic mass is 16.5. The van der Waals surface area contributed by atoms with E-state index in [1.54, 1.807) is 30.3 Å². The lowest BCUT2D eigenvalue weighted by molar-refractivity contribution is -0.145. The van der Waals surface area contributed by atoms with Crippen LogP contribution in [0.25, 0.3) is 0 Å². The van der Waals surface area contributed by atoms with Crippen LogP contribution in [0.3, 0.4) is 0 Å². The van der Waals surface area contributed by atoms with Gasteiger partial charge < -0.3 is 14.6 Å². The van der Waals surface area contributed by atoms with E-state index in [9.17, 15) is 14.4 Å². The Balaban J connectivity index is 2.80. The van der Waals surface area contributed by atoms with E-state index in [-0.39, 0.29) is 24.4 Å². The predicted molar refractivity (Wildman–Crippen MR) is 78.5 cm³/mol. The zero-order chi connectivity index (χ0) is 16.5. The standard InChI is InChI=1S/C16H18O6/c1-11(10-14(17)18)16(20)22-13(8-9-21-2)15(19)12-6-4-3-5-7-12/h3-7,13H,1,8-10H2,2H3,(H,17,18). The van der Waals surface area contributed by atoms with Gasteiger partial charge in [-0.3, -0.25) is 9.59 Å². The molecule has 0 aliphatic heterocycles. The number of hydrogen-bond donors (Lipinski definition) is 1. The van der Waals surface area contributed by atoms with Gasteiger partial charge in [0.05, 0.1) is 13.0 Å². The predicted octanol–water partition coefficient (Wildman–Crippen LogP) is 1.85. The van der Waals surface area contributed by atoms with Gasteiger partial charge in [-0.15, -0.1) is 0 Å². The molecule has 0 heterocycles. The van der Waals surface area contributed by atoms with Crippen molar-refractivity contribution in [3.63, 3.8) is 0 Å². The second-order valence-corrected chi connectivity index (χ2v) is 4.58. The maximum Gasteiger partial charge on any atom is 0.334 e. The molecule has 22 heavy (non-hydrogen) atoms. The Morgan fingerprint density at radius 1 is 1.23 bits per heavy atom. The zero-order valence-electron chi connectivity index (χ0n) is 12.3. The number of Topliss-reactive ketones (excluding diaryl/α,β-unsaturated/α-hetero) is 1. The Hall–Kier alpha value is -2.47. The van der Waals surface area contributed by atoms with Gasteiger partial charge in [0.1, 0.15) is 0 Å². The first-order valence-corrected chi connectivity index (χ1v) is 6.64. The first kappa shape index (κ1) is 17.6. The molecule has 0 amide bonds. The number of methoxy groups -OCH3 is 1. The number of esters is 1. The fourth-order valence-corrected chi connectivity index (χ4v) is 1.72. The van der Waals surface area contributed by atoms with Crippen molar-refractivity contribution in [1.82, 2.24) is 0 Å². The fourth-order valence-electron chi connectivity index (χ4n) is 1.72. The van der Waals surface area contributed by atoms with Gasteiger partial charge in [-0.1, -0.05) is 36.9 Å². The number of ether oxygens (including phenoxy) is 2. The molecule has 0 saturated carbocycles. The molecule has 0 spiro atoms. The number of rotatable bonds is 9. The minimum absolute atomic E-state index is 0.177. The maximum absolute atomic E-state index is 12.4. The van der Waals surface area contributed by atoms with Crippen LogP contribution < -0.4 is 0 Å². The van der Waals surface area contributed by atoms with Crippen LogP contribution in [0, 0.1) is 0 Å². The van der Waals surface area contributed by atoms with Crippen molar-refractivity contribution in [3.05, 3.63) is 48.0 Å². The lowest BCUT2D eigenvalue weighted by atomic mass is 10.0. The molecule has 6 nitrogen and oxygen atoms in total. The Morgan fingerprint density at radius 3 is 2.41 bits per heavy atom. The maximum atomic E-state index is 12.4. The molecule has 118 valence electrons. The van der Waals surface area contributed by atoms with Gasteiger partial charge in [0.2, 0.25) is 5.78 Å². The molecule has 0 bridgehead atoms. The molecular weight excluding hydrogens is 288 g/mol. The first-order valence-electron chi connectivity index (χ1n) is 6.64. The Bertz CT molecular complexity index is 549. The quantitative estimate of drug-likeness (QED) is 0.425. The van der Waals surface area contributed by atoms with Gasteiger partial charge >= 0.3 is 11.9 Å². The number of ketones is 1. The average Bonchev–Trinajstić information content (AvgIpc) is 2.50. The summed E-state index contributed by atoms with van der Waals surface area (Å²) in [7, 11) is 1.47. The summed E-state index contributed by atoms with van der Waals surface area (Å²) >= 11 is 0. The Kier molecular flexibility index (Phi) is 6.98. The van der Waals surface area contributed by atoms with E-state index < -0.39 is 24.5 Å². The van der Waals surface area contributed by atoms with Crippen LogP contribution in [0.1, 0.15) is 23.2 Å². The molecule has 1 atom stereocenters.